The first kappa shape index (κ1) is 14.9. The average Bonchev–Trinajstić information content (AvgIpc) is 2.31. The standard InChI is InChI=1S/C12H23N3O3/c1-4-14-10(16)6-15(5-2)11(17)7-18-12(3)8-13-9-12/h13H,4-9H2,1-3H3,(H,14,16). The Balaban J connectivity index is 2.34. The molecule has 1 heterocycles. The molecule has 0 saturated carbocycles. The van der Waals surface area contributed by atoms with Gasteiger partial charge in [0.2, 0.25) is 11.8 Å². The van der Waals surface area contributed by atoms with E-state index in [0.717, 1.165) is 13.1 Å². The monoisotopic (exact) mass is 257 g/mol. The van der Waals surface area contributed by atoms with Crippen molar-refractivity contribution in [3.63, 3.8) is 0 Å². The predicted molar refractivity (Wildman–Crippen MR) is 68.2 cm³/mol. The Kier molecular flexibility index (Phi) is 5.55. The largest absolute Gasteiger partial charge is 0.363 e. The van der Waals surface area contributed by atoms with Crippen molar-refractivity contribution in [1.82, 2.24) is 15.5 Å². The fourth-order valence-corrected chi connectivity index (χ4v) is 1.71. The SMILES string of the molecule is CCNC(=O)CN(CC)C(=O)COC1(C)CNC1. The lowest BCUT2D eigenvalue weighted by Gasteiger charge is -2.39. The van der Waals surface area contributed by atoms with Crippen LogP contribution in [0.1, 0.15) is 20.8 Å². The first-order chi connectivity index (χ1) is 8.50. The number of amides is 2. The van der Waals surface area contributed by atoms with Gasteiger partial charge in [0.15, 0.2) is 0 Å². The molecule has 6 nitrogen and oxygen atoms in total. The second-order valence-electron chi connectivity index (χ2n) is 4.70. The molecule has 1 aliphatic rings. The van der Waals surface area contributed by atoms with E-state index in [1.165, 1.54) is 4.90 Å². The second kappa shape index (κ2) is 6.70. The Hall–Kier alpha value is -1.14. The maximum atomic E-state index is 11.9. The summed E-state index contributed by atoms with van der Waals surface area (Å²) in [6.45, 7) is 8.42. The molecule has 0 spiro atoms. The quantitative estimate of drug-likeness (QED) is 0.636. The van der Waals surface area contributed by atoms with Crippen LogP contribution < -0.4 is 10.6 Å². The normalized spacial score (nSPS) is 16.8. The highest BCUT2D eigenvalue weighted by Crippen LogP contribution is 2.14. The zero-order chi connectivity index (χ0) is 13.6. The fourth-order valence-electron chi connectivity index (χ4n) is 1.71. The van der Waals surface area contributed by atoms with E-state index in [0.29, 0.717) is 13.1 Å². The van der Waals surface area contributed by atoms with E-state index in [1.54, 1.807) is 0 Å². The number of carbonyl (C=O) groups is 2. The molecule has 0 radical (unpaired) electrons. The van der Waals surface area contributed by atoms with Crippen molar-refractivity contribution in [2.45, 2.75) is 26.4 Å². The lowest BCUT2D eigenvalue weighted by Crippen LogP contribution is -2.59. The molecule has 0 aromatic heterocycles. The highest BCUT2D eigenvalue weighted by atomic mass is 16.5. The van der Waals surface area contributed by atoms with Crippen LogP contribution in [-0.2, 0) is 14.3 Å². The molecular formula is C12H23N3O3. The molecule has 104 valence electrons. The molecule has 2 amide bonds. The van der Waals surface area contributed by atoms with Gasteiger partial charge in [-0.15, -0.1) is 0 Å². The third kappa shape index (κ3) is 4.27. The van der Waals surface area contributed by atoms with Crippen molar-refractivity contribution in [3.8, 4) is 0 Å². The number of ether oxygens (including phenoxy) is 1. The minimum absolute atomic E-state index is 0.0332. The number of nitrogens with zero attached hydrogens (tertiary/aromatic N) is 1. The Labute approximate surface area is 108 Å². The Bertz CT molecular complexity index is 303. The van der Waals surface area contributed by atoms with Crippen molar-refractivity contribution >= 4 is 11.8 Å². The van der Waals surface area contributed by atoms with E-state index in [-0.39, 0.29) is 30.6 Å². The number of nitrogens with one attached hydrogen (secondary N) is 2. The van der Waals surface area contributed by atoms with Gasteiger partial charge < -0.3 is 20.3 Å². The summed E-state index contributed by atoms with van der Waals surface area (Å²) in [6.07, 6.45) is 0. The van der Waals surface area contributed by atoms with Gasteiger partial charge in [-0.1, -0.05) is 0 Å². The Morgan fingerprint density at radius 1 is 1.39 bits per heavy atom. The maximum Gasteiger partial charge on any atom is 0.249 e. The third-order valence-corrected chi connectivity index (χ3v) is 2.98. The van der Waals surface area contributed by atoms with E-state index in [2.05, 4.69) is 10.6 Å². The summed E-state index contributed by atoms with van der Waals surface area (Å²) in [5.74, 6) is -0.277. The van der Waals surface area contributed by atoms with Gasteiger partial charge in [0.25, 0.3) is 0 Å². The van der Waals surface area contributed by atoms with Crippen molar-refractivity contribution in [3.05, 3.63) is 0 Å². The van der Waals surface area contributed by atoms with E-state index < -0.39 is 0 Å². The van der Waals surface area contributed by atoms with E-state index in [4.69, 9.17) is 4.74 Å². The van der Waals surface area contributed by atoms with Crippen LogP contribution in [0.4, 0.5) is 0 Å². The summed E-state index contributed by atoms with van der Waals surface area (Å²) >= 11 is 0. The lowest BCUT2D eigenvalue weighted by molar-refractivity contribution is -0.147. The molecule has 0 aromatic rings. The molecule has 18 heavy (non-hydrogen) atoms. The third-order valence-electron chi connectivity index (χ3n) is 2.98. The summed E-state index contributed by atoms with van der Waals surface area (Å²) in [4.78, 5) is 24.8. The summed E-state index contributed by atoms with van der Waals surface area (Å²) in [6, 6.07) is 0. The van der Waals surface area contributed by atoms with Crippen molar-refractivity contribution in [2.75, 3.05) is 39.3 Å². The smallest absolute Gasteiger partial charge is 0.249 e. The lowest BCUT2D eigenvalue weighted by atomic mass is 10.0. The molecule has 0 bridgehead atoms. The van der Waals surface area contributed by atoms with Crippen LogP contribution in [0.2, 0.25) is 0 Å². The van der Waals surface area contributed by atoms with E-state index in [1.807, 2.05) is 20.8 Å². The highest BCUT2D eigenvalue weighted by molar-refractivity contribution is 5.85. The van der Waals surface area contributed by atoms with Gasteiger partial charge in [0.05, 0.1) is 12.1 Å². The number of rotatable bonds is 7. The van der Waals surface area contributed by atoms with Crippen LogP contribution in [-0.4, -0.2) is 61.6 Å². The summed E-state index contributed by atoms with van der Waals surface area (Å²) < 4.78 is 5.57. The molecule has 1 fully saturated rings. The molecule has 2 N–H and O–H groups in total. The molecule has 0 aliphatic carbocycles. The number of hydrogen-bond donors (Lipinski definition) is 2. The van der Waals surface area contributed by atoms with Gasteiger partial charge in [-0.25, -0.2) is 0 Å². The summed E-state index contributed by atoms with van der Waals surface area (Å²) in [5, 5.41) is 5.78. The topological polar surface area (TPSA) is 70.7 Å². The van der Waals surface area contributed by atoms with Gasteiger partial charge in [-0.3, -0.25) is 9.59 Å². The first-order valence-electron chi connectivity index (χ1n) is 6.40. The Morgan fingerprint density at radius 3 is 2.50 bits per heavy atom. The first-order valence-corrected chi connectivity index (χ1v) is 6.40. The Morgan fingerprint density at radius 2 is 2.06 bits per heavy atom. The fraction of sp³-hybridized carbons (Fsp3) is 0.833. The van der Waals surface area contributed by atoms with Gasteiger partial charge in [-0.05, 0) is 20.8 Å². The van der Waals surface area contributed by atoms with Gasteiger partial charge in [0.1, 0.15) is 6.61 Å². The molecule has 1 rings (SSSR count). The number of carbonyl (C=O) groups excluding carboxylic acids is 2. The molecule has 0 aromatic carbocycles. The molecule has 6 heteroatoms. The minimum Gasteiger partial charge on any atom is -0.363 e. The van der Waals surface area contributed by atoms with Crippen molar-refractivity contribution in [2.24, 2.45) is 0 Å². The molecule has 1 aliphatic heterocycles. The molecular weight excluding hydrogens is 234 g/mol. The van der Waals surface area contributed by atoms with Crippen LogP contribution in [0, 0.1) is 0 Å². The maximum absolute atomic E-state index is 11.9. The van der Waals surface area contributed by atoms with Crippen LogP contribution in [0.5, 0.6) is 0 Å². The van der Waals surface area contributed by atoms with Crippen LogP contribution >= 0.6 is 0 Å². The van der Waals surface area contributed by atoms with Gasteiger partial charge in [0, 0.05) is 26.2 Å². The molecule has 0 unspecified atom stereocenters. The number of likely N-dealkylation sites (N-methyl/N-ethyl adjacent to an activating group) is 2. The van der Waals surface area contributed by atoms with Crippen molar-refractivity contribution < 1.29 is 14.3 Å². The van der Waals surface area contributed by atoms with Crippen LogP contribution in [0.15, 0.2) is 0 Å². The molecule has 1 saturated heterocycles. The van der Waals surface area contributed by atoms with E-state index in [9.17, 15) is 9.59 Å². The molecule has 0 atom stereocenters. The zero-order valence-corrected chi connectivity index (χ0v) is 11.4. The van der Waals surface area contributed by atoms with E-state index >= 15 is 0 Å². The zero-order valence-electron chi connectivity index (χ0n) is 11.4. The number of hydrogen-bond acceptors (Lipinski definition) is 4. The van der Waals surface area contributed by atoms with Gasteiger partial charge in [-0.2, -0.15) is 0 Å². The van der Waals surface area contributed by atoms with Crippen LogP contribution in [0.3, 0.4) is 0 Å². The van der Waals surface area contributed by atoms with Crippen LogP contribution in [0.25, 0.3) is 0 Å². The van der Waals surface area contributed by atoms with Gasteiger partial charge >= 0.3 is 0 Å². The average molecular weight is 257 g/mol. The summed E-state index contributed by atoms with van der Waals surface area (Å²) in [7, 11) is 0. The summed E-state index contributed by atoms with van der Waals surface area (Å²) in [5.41, 5.74) is -0.235. The minimum atomic E-state index is -0.235. The second-order valence-corrected chi connectivity index (χ2v) is 4.70. The highest BCUT2D eigenvalue weighted by Gasteiger charge is 2.33. The van der Waals surface area contributed by atoms with Crippen molar-refractivity contribution in [1.29, 1.82) is 0 Å². The predicted octanol–water partition coefficient (Wildman–Crippen LogP) is -0.650.